The van der Waals surface area contributed by atoms with Gasteiger partial charge in [-0.2, -0.15) is 15.3 Å². The van der Waals surface area contributed by atoms with Crippen molar-refractivity contribution in [3.63, 3.8) is 0 Å². The van der Waals surface area contributed by atoms with Crippen LogP contribution in [0, 0.1) is 11.6 Å². The van der Waals surface area contributed by atoms with E-state index in [2.05, 4.69) is 31.4 Å². The lowest BCUT2D eigenvalue weighted by molar-refractivity contribution is 0.0846. The number of carbonyl (C=O) groups is 3. The van der Waals surface area contributed by atoms with E-state index < -0.39 is 36.4 Å². The van der Waals surface area contributed by atoms with Gasteiger partial charge in [-0.15, -0.1) is 0 Å². The van der Waals surface area contributed by atoms with Crippen LogP contribution in [0.25, 0.3) is 5.69 Å². The van der Waals surface area contributed by atoms with Gasteiger partial charge in [0.25, 0.3) is 17.7 Å². The van der Waals surface area contributed by atoms with Gasteiger partial charge in [0.15, 0.2) is 17.1 Å². The smallest absolute Gasteiger partial charge is 0.272 e. The van der Waals surface area contributed by atoms with Crippen molar-refractivity contribution in [1.82, 2.24) is 45.3 Å². The number of fused-ring (bicyclic) bond motifs is 6. The first-order valence-electron chi connectivity index (χ1n) is 41.3. The number of hydrogen-bond donors (Lipinski definition) is 6. The highest BCUT2D eigenvalue weighted by molar-refractivity contribution is 6.35. The fourth-order valence-corrected chi connectivity index (χ4v) is 20.5. The van der Waals surface area contributed by atoms with Crippen molar-refractivity contribution in [1.29, 1.82) is 0 Å². The molecule has 7 aromatic carbocycles. The highest BCUT2D eigenvalue weighted by Gasteiger charge is 2.41. The molecule has 0 saturated heterocycles. The molecule has 0 radical (unpaired) electrons. The van der Waals surface area contributed by atoms with E-state index in [9.17, 15) is 38.5 Å². The summed E-state index contributed by atoms with van der Waals surface area (Å²) in [6.07, 6.45) is 25.0. The predicted octanol–water partition coefficient (Wildman–Crippen LogP) is 19.2. The number of rotatable bonds is 15. The van der Waals surface area contributed by atoms with E-state index in [0.29, 0.717) is 69.2 Å². The second-order valence-corrected chi connectivity index (χ2v) is 34.0. The summed E-state index contributed by atoms with van der Waals surface area (Å²) in [5, 5.41) is 58.4. The van der Waals surface area contributed by atoms with Gasteiger partial charge in [-0.05, 0) is 207 Å². The Morgan fingerprint density at radius 2 is 0.752 bits per heavy atom. The highest BCUT2D eigenvalue weighted by atomic mass is 35.5. The van der Waals surface area contributed by atoms with E-state index >= 15 is 0 Å². The van der Waals surface area contributed by atoms with Crippen LogP contribution in [0.2, 0.25) is 15.1 Å². The lowest BCUT2D eigenvalue weighted by Gasteiger charge is -2.27. The van der Waals surface area contributed by atoms with Crippen molar-refractivity contribution in [2.75, 3.05) is 0 Å². The Labute approximate surface area is 675 Å². The second-order valence-electron chi connectivity index (χ2n) is 32.7. The van der Waals surface area contributed by atoms with E-state index in [4.69, 9.17) is 50.1 Å². The summed E-state index contributed by atoms with van der Waals surface area (Å²) in [6, 6.07) is 50.1. The number of nitrogens with one attached hydrogen (secondary N) is 3. The summed E-state index contributed by atoms with van der Waals surface area (Å²) in [5.74, 6) is -0.582. The quantitative estimate of drug-likeness (QED) is 0.0540. The van der Waals surface area contributed by atoms with Crippen LogP contribution in [-0.4, -0.2) is 80.7 Å². The second kappa shape index (κ2) is 35.1. The van der Waals surface area contributed by atoms with Crippen molar-refractivity contribution < 1.29 is 38.5 Å². The number of hydrogen-bond acceptors (Lipinski definition) is 9. The van der Waals surface area contributed by atoms with Gasteiger partial charge < -0.3 is 31.3 Å². The number of benzene rings is 7. The van der Waals surface area contributed by atoms with Crippen LogP contribution in [0.3, 0.4) is 0 Å². The Balaban J connectivity index is 0.000000128. The molecule has 0 unspecified atom stereocenters. The minimum absolute atomic E-state index is 0.111. The topological polar surface area (TPSA) is 201 Å². The van der Waals surface area contributed by atoms with E-state index in [1.807, 2.05) is 114 Å². The zero-order valence-electron chi connectivity index (χ0n) is 63.9. The van der Waals surface area contributed by atoms with Gasteiger partial charge >= 0.3 is 0 Å². The third-order valence-electron chi connectivity index (χ3n) is 25.2. The summed E-state index contributed by atoms with van der Waals surface area (Å²) >= 11 is 19.2. The zero-order valence-corrected chi connectivity index (χ0v) is 66.1. The minimum Gasteiger partial charge on any atom is -0.390 e. The average Bonchev–Trinajstić information content (AvgIpc) is 1.65. The number of carbonyl (C=O) groups excluding carboxylic acids is 3. The summed E-state index contributed by atoms with van der Waals surface area (Å²) in [7, 11) is 0. The molecule has 0 aliphatic heterocycles. The molecule has 6 N–H and O–H groups in total. The number of amides is 3. The lowest BCUT2D eigenvalue weighted by Crippen LogP contribution is -2.34. The molecule has 113 heavy (non-hydrogen) atoms. The van der Waals surface area contributed by atoms with Crippen molar-refractivity contribution >= 4 is 52.5 Å². The minimum atomic E-state index is -0.687. The van der Waals surface area contributed by atoms with E-state index in [0.717, 1.165) is 194 Å². The first-order valence-corrected chi connectivity index (χ1v) is 42.4. The van der Waals surface area contributed by atoms with Crippen LogP contribution in [0.4, 0.5) is 8.78 Å². The fraction of sp³-hybridized carbons (Fsp3) is 0.419. The van der Waals surface area contributed by atoms with Crippen molar-refractivity contribution in [3.05, 3.63) is 291 Å². The summed E-state index contributed by atoms with van der Waals surface area (Å²) < 4.78 is 34.3. The molecule has 3 aromatic heterocycles. The maximum Gasteiger partial charge on any atom is 0.272 e. The number of aliphatic hydroxyl groups is 3. The van der Waals surface area contributed by atoms with Crippen LogP contribution >= 0.6 is 34.8 Å². The number of nitrogens with zero attached hydrogens (tertiary/aromatic N) is 6. The standard InChI is InChI=1S/C31H28Cl3N3O2.2C31H36FN3O2/c32-21-9-5-6-18(15-21)14-20-8-2-4-11-24-29(36-37(30(20)24)26-13-12-22(33)17-25(26)34)31(39)35-28-23-10-3-1-7-19(23)16-27(28)38;2*32-23-12-8-9-20(18-23)17-22-11-5-7-16-26-29(34-35(30(22)26)24-13-2-1-3-14-24)31(37)33-28-25-15-6-4-10-21(25)19-27(28)36/h1,3,5-7,9-10,12-13,15,17,20,27-28,38H,2,4,8,11,14,16H2,(H,35,39);2*4,6,8-10,12,15,18,22,24,27-28,36H,1-3,5,7,11,13-14,16-17,19H2,(H,33,37)/t20-,27-,28+;22-,27+,28-;22-,27-,28+/m010/s1. The molecule has 8 aliphatic rings. The Bertz CT molecular complexity index is 4910. The highest BCUT2D eigenvalue weighted by Crippen LogP contribution is 2.45. The number of aliphatic hydroxyl groups excluding tert-OH is 3. The van der Waals surface area contributed by atoms with Crippen molar-refractivity contribution in [2.45, 2.75) is 246 Å². The SMILES string of the molecule is O=C(N[C@@H]1c2ccccc2C[C@@H]1O)c1nn(-c2ccc(Cl)cc2Cl)c2c1CCCC[C@H]2Cc1cccc(Cl)c1.O=C(N[C@@H]1c2ccccc2C[C@@H]1O)c1nn(C2CCCCC2)c2c1CCCC[C@@H]2Cc1cccc(F)c1.O=C(N[C@@H]1c2ccccc2C[C@@H]1O)c1nn(C2CCCCC2)c2c1CCCC[C@H]2Cc1cccc(F)c1. The Kier molecular flexibility index (Phi) is 24.3. The third kappa shape index (κ3) is 17.2. The summed E-state index contributed by atoms with van der Waals surface area (Å²) in [5.41, 5.74) is 17.8. The largest absolute Gasteiger partial charge is 0.390 e. The third-order valence-corrected chi connectivity index (χ3v) is 26.0. The first-order chi connectivity index (χ1) is 55.0. The van der Waals surface area contributed by atoms with Gasteiger partial charge in [0.05, 0.1) is 64.9 Å². The number of aromatic nitrogens is 6. The molecule has 8 aliphatic carbocycles. The molecule has 9 atom stereocenters. The molecule has 0 spiro atoms. The molecular weight excluding hydrogens is 1480 g/mol. The van der Waals surface area contributed by atoms with Crippen LogP contribution < -0.4 is 16.0 Å². The normalized spacial score (nSPS) is 22.6. The molecule has 15 nitrogen and oxygen atoms in total. The van der Waals surface area contributed by atoms with Crippen LogP contribution in [0.15, 0.2) is 164 Å². The molecule has 0 bridgehead atoms. The van der Waals surface area contributed by atoms with Gasteiger partial charge in [-0.3, -0.25) is 23.7 Å². The molecular formula is C93H100Cl3F2N9O6. The van der Waals surface area contributed by atoms with Crippen molar-refractivity contribution in [2.24, 2.45) is 0 Å². The first kappa shape index (κ1) is 78.1. The molecule has 3 amide bonds. The fourth-order valence-electron chi connectivity index (χ4n) is 19.8. The lowest BCUT2D eigenvalue weighted by atomic mass is 9.89. The van der Waals surface area contributed by atoms with E-state index in [1.165, 1.54) is 62.0 Å². The van der Waals surface area contributed by atoms with Crippen molar-refractivity contribution in [3.8, 4) is 5.69 Å². The molecule has 20 heteroatoms. The zero-order chi connectivity index (χ0) is 77.8. The van der Waals surface area contributed by atoms with Crippen LogP contribution in [0.5, 0.6) is 0 Å². The van der Waals surface area contributed by atoms with Gasteiger partial charge in [-0.25, -0.2) is 13.5 Å². The Morgan fingerprint density at radius 1 is 0.389 bits per heavy atom. The predicted molar refractivity (Wildman–Crippen MR) is 438 cm³/mol. The monoisotopic (exact) mass is 1580 g/mol. The molecule has 588 valence electrons. The molecule has 2 saturated carbocycles. The summed E-state index contributed by atoms with van der Waals surface area (Å²) in [4.78, 5) is 41.5. The maximum absolute atomic E-state index is 14.0. The molecule has 3 heterocycles. The van der Waals surface area contributed by atoms with E-state index in [-0.39, 0.29) is 47.1 Å². The summed E-state index contributed by atoms with van der Waals surface area (Å²) in [6.45, 7) is 0. The maximum atomic E-state index is 14.0. The van der Waals surface area contributed by atoms with Crippen LogP contribution in [-0.2, 0) is 57.8 Å². The van der Waals surface area contributed by atoms with Gasteiger partial charge in [0.1, 0.15) is 11.6 Å². The molecule has 10 aromatic rings. The molecule has 18 rings (SSSR count). The number of halogens is 5. The van der Waals surface area contributed by atoms with Crippen LogP contribution in [0.1, 0.15) is 285 Å². The van der Waals surface area contributed by atoms with E-state index in [1.54, 1.807) is 36.4 Å². The molecule has 2 fully saturated rings. The van der Waals surface area contributed by atoms with Gasteiger partial charge in [0.2, 0.25) is 0 Å². The Hall–Kier alpha value is -8.81. The Morgan fingerprint density at radius 3 is 1.16 bits per heavy atom. The average molecular weight is 1580 g/mol. The van der Waals surface area contributed by atoms with Gasteiger partial charge in [0, 0.05) is 75.1 Å². The van der Waals surface area contributed by atoms with Gasteiger partial charge in [-0.1, -0.05) is 202 Å².